The van der Waals surface area contributed by atoms with Gasteiger partial charge in [-0.3, -0.25) is 0 Å². The first kappa shape index (κ1) is 14.4. The summed E-state index contributed by atoms with van der Waals surface area (Å²) in [5.41, 5.74) is 2.09. The number of nitrogens with zero attached hydrogens (tertiary/aromatic N) is 2. The molecule has 4 N–H and O–H groups in total. The SMILES string of the molecule is CSc1nc(NN)cc(Nc2ccc(F)c(F)c2F)n1. The zero-order valence-electron chi connectivity index (χ0n) is 10.2. The zero-order chi connectivity index (χ0) is 14.7. The molecule has 20 heavy (non-hydrogen) atoms. The second kappa shape index (κ2) is 5.97. The van der Waals surface area contributed by atoms with Crippen LogP contribution in [0.5, 0.6) is 0 Å². The largest absolute Gasteiger partial charge is 0.338 e. The molecule has 9 heteroatoms. The number of hydrogen-bond acceptors (Lipinski definition) is 6. The van der Waals surface area contributed by atoms with Crippen LogP contribution in [0, 0.1) is 17.5 Å². The Balaban J connectivity index is 2.37. The minimum Gasteiger partial charge on any atom is -0.338 e. The molecule has 0 bridgehead atoms. The highest BCUT2D eigenvalue weighted by Gasteiger charge is 2.14. The summed E-state index contributed by atoms with van der Waals surface area (Å²) >= 11 is 1.25. The van der Waals surface area contributed by atoms with Gasteiger partial charge in [0, 0.05) is 6.07 Å². The molecule has 1 aromatic carbocycles. The van der Waals surface area contributed by atoms with E-state index in [1.54, 1.807) is 6.26 Å². The van der Waals surface area contributed by atoms with Crippen LogP contribution >= 0.6 is 11.8 Å². The van der Waals surface area contributed by atoms with Crippen molar-refractivity contribution in [3.05, 3.63) is 35.7 Å². The van der Waals surface area contributed by atoms with Crippen molar-refractivity contribution in [1.29, 1.82) is 0 Å². The van der Waals surface area contributed by atoms with Crippen molar-refractivity contribution in [3.63, 3.8) is 0 Å². The van der Waals surface area contributed by atoms with Crippen LogP contribution in [0.1, 0.15) is 0 Å². The lowest BCUT2D eigenvalue weighted by atomic mass is 10.3. The maximum absolute atomic E-state index is 13.5. The first-order valence-electron chi connectivity index (χ1n) is 5.35. The summed E-state index contributed by atoms with van der Waals surface area (Å²) in [5.74, 6) is 1.61. The van der Waals surface area contributed by atoms with Gasteiger partial charge in [-0.1, -0.05) is 11.8 Å². The van der Waals surface area contributed by atoms with Crippen LogP contribution in [0.25, 0.3) is 0 Å². The topological polar surface area (TPSA) is 75.9 Å². The molecule has 0 atom stereocenters. The number of thioether (sulfide) groups is 1. The quantitative estimate of drug-likeness (QED) is 0.265. The van der Waals surface area contributed by atoms with Crippen molar-refractivity contribution in [2.45, 2.75) is 5.16 Å². The third-order valence-corrected chi connectivity index (χ3v) is 2.88. The minimum absolute atomic E-state index is 0.196. The molecule has 0 fully saturated rings. The fourth-order valence-corrected chi connectivity index (χ4v) is 1.79. The van der Waals surface area contributed by atoms with Gasteiger partial charge in [-0.2, -0.15) is 0 Å². The standard InChI is InChI=1S/C11H10F3N5S/c1-20-11-17-7(4-8(18-11)19-15)16-6-3-2-5(12)9(13)10(6)14/h2-4H,15H2,1H3,(H2,16,17,18,19). The first-order chi connectivity index (χ1) is 9.55. The Morgan fingerprint density at radius 3 is 2.45 bits per heavy atom. The third-order valence-electron chi connectivity index (χ3n) is 2.33. The Morgan fingerprint density at radius 2 is 1.80 bits per heavy atom. The highest BCUT2D eigenvalue weighted by Crippen LogP contribution is 2.24. The Morgan fingerprint density at radius 1 is 1.10 bits per heavy atom. The summed E-state index contributed by atoms with van der Waals surface area (Å²) in [6.07, 6.45) is 1.75. The normalized spacial score (nSPS) is 10.4. The molecule has 106 valence electrons. The van der Waals surface area contributed by atoms with Gasteiger partial charge in [0.1, 0.15) is 11.6 Å². The van der Waals surface area contributed by atoms with E-state index >= 15 is 0 Å². The van der Waals surface area contributed by atoms with Gasteiger partial charge in [-0.05, 0) is 18.4 Å². The number of benzene rings is 1. The van der Waals surface area contributed by atoms with Crippen molar-refractivity contribution in [2.24, 2.45) is 5.84 Å². The lowest BCUT2D eigenvalue weighted by Crippen LogP contribution is -2.10. The maximum Gasteiger partial charge on any atom is 0.196 e. The molecule has 1 aromatic heterocycles. The molecule has 0 saturated heterocycles. The summed E-state index contributed by atoms with van der Waals surface area (Å²) in [7, 11) is 0. The minimum atomic E-state index is -1.55. The molecule has 2 aromatic rings. The summed E-state index contributed by atoms with van der Waals surface area (Å²) in [5, 5.41) is 2.93. The molecule has 2 rings (SSSR count). The van der Waals surface area contributed by atoms with E-state index in [-0.39, 0.29) is 11.5 Å². The molecule has 5 nitrogen and oxygen atoms in total. The number of rotatable bonds is 4. The van der Waals surface area contributed by atoms with Crippen LogP contribution in [0.4, 0.5) is 30.5 Å². The Hall–Kier alpha value is -2.00. The van der Waals surface area contributed by atoms with E-state index < -0.39 is 17.5 Å². The number of halogens is 3. The lowest BCUT2D eigenvalue weighted by molar-refractivity contribution is 0.449. The number of hydrazine groups is 1. The van der Waals surface area contributed by atoms with E-state index in [4.69, 9.17) is 5.84 Å². The van der Waals surface area contributed by atoms with Crippen LogP contribution in [0.3, 0.4) is 0 Å². The summed E-state index contributed by atoms with van der Waals surface area (Å²) < 4.78 is 39.5. The molecule has 0 unspecified atom stereocenters. The van der Waals surface area contributed by atoms with Crippen LogP contribution in [-0.4, -0.2) is 16.2 Å². The highest BCUT2D eigenvalue weighted by atomic mass is 32.2. The molecule has 0 saturated carbocycles. The second-order valence-corrected chi connectivity index (χ2v) is 4.39. The smallest absolute Gasteiger partial charge is 0.196 e. The molecular weight excluding hydrogens is 291 g/mol. The van der Waals surface area contributed by atoms with Gasteiger partial charge in [0.25, 0.3) is 0 Å². The Labute approximate surface area is 116 Å². The van der Waals surface area contributed by atoms with Gasteiger partial charge in [-0.25, -0.2) is 29.0 Å². The average Bonchev–Trinajstić information content (AvgIpc) is 2.47. The zero-order valence-corrected chi connectivity index (χ0v) is 11.1. The monoisotopic (exact) mass is 301 g/mol. The third kappa shape index (κ3) is 2.94. The molecule has 0 aliphatic carbocycles. The maximum atomic E-state index is 13.5. The summed E-state index contributed by atoms with van der Waals surface area (Å²) in [4.78, 5) is 8.06. The molecule has 1 heterocycles. The van der Waals surface area contributed by atoms with Crippen molar-refractivity contribution in [3.8, 4) is 0 Å². The van der Waals surface area contributed by atoms with Gasteiger partial charge in [-0.15, -0.1) is 0 Å². The number of nitrogen functional groups attached to an aromatic ring is 1. The van der Waals surface area contributed by atoms with Crippen LogP contribution in [0.2, 0.25) is 0 Å². The number of nitrogens with two attached hydrogens (primary N) is 1. The molecule has 0 radical (unpaired) electrons. The van der Waals surface area contributed by atoms with E-state index in [1.165, 1.54) is 17.8 Å². The highest BCUT2D eigenvalue weighted by molar-refractivity contribution is 7.98. The van der Waals surface area contributed by atoms with E-state index in [0.717, 1.165) is 12.1 Å². The first-order valence-corrected chi connectivity index (χ1v) is 6.58. The average molecular weight is 301 g/mol. The van der Waals surface area contributed by atoms with E-state index in [2.05, 4.69) is 20.7 Å². The van der Waals surface area contributed by atoms with Gasteiger partial charge < -0.3 is 10.7 Å². The lowest BCUT2D eigenvalue weighted by Gasteiger charge is -2.10. The van der Waals surface area contributed by atoms with Crippen molar-refractivity contribution in [1.82, 2.24) is 9.97 Å². The Bertz CT molecular complexity index is 615. The van der Waals surface area contributed by atoms with E-state index in [0.29, 0.717) is 11.0 Å². The number of hydrogen-bond donors (Lipinski definition) is 3. The fraction of sp³-hybridized carbons (Fsp3) is 0.0909. The van der Waals surface area contributed by atoms with Crippen molar-refractivity contribution >= 4 is 29.1 Å². The molecule has 0 aliphatic rings. The Kier molecular flexibility index (Phi) is 4.30. The van der Waals surface area contributed by atoms with Crippen molar-refractivity contribution in [2.75, 3.05) is 17.0 Å². The van der Waals surface area contributed by atoms with Crippen molar-refractivity contribution < 1.29 is 13.2 Å². The molecule has 0 spiro atoms. The molecular formula is C11H10F3N5S. The van der Waals surface area contributed by atoms with Gasteiger partial charge in [0.2, 0.25) is 0 Å². The number of nitrogens with one attached hydrogen (secondary N) is 2. The molecule has 0 aliphatic heterocycles. The number of aromatic nitrogens is 2. The summed E-state index contributed by atoms with van der Waals surface area (Å²) in [6, 6.07) is 3.30. The van der Waals surface area contributed by atoms with Crippen LogP contribution in [-0.2, 0) is 0 Å². The number of anilines is 3. The predicted molar refractivity (Wildman–Crippen MR) is 71.2 cm³/mol. The predicted octanol–water partition coefficient (Wildman–Crippen LogP) is 2.65. The van der Waals surface area contributed by atoms with E-state index in [9.17, 15) is 13.2 Å². The van der Waals surface area contributed by atoms with Gasteiger partial charge in [0.05, 0.1) is 5.69 Å². The van der Waals surface area contributed by atoms with Crippen LogP contribution < -0.4 is 16.6 Å². The fourth-order valence-electron chi connectivity index (χ4n) is 1.41. The van der Waals surface area contributed by atoms with Crippen LogP contribution in [0.15, 0.2) is 23.4 Å². The van der Waals surface area contributed by atoms with Gasteiger partial charge >= 0.3 is 0 Å². The van der Waals surface area contributed by atoms with Gasteiger partial charge in [0.15, 0.2) is 22.6 Å². The molecule has 0 amide bonds. The second-order valence-electron chi connectivity index (χ2n) is 3.62. The summed E-state index contributed by atoms with van der Waals surface area (Å²) in [6.45, 7) is 0. The van der Waals surface area contributed by atoms with E-state index in [1.807, 2.05) is 0 Å².